The van der Waals surface area contributed by atoms with Gasteiger partial charge >= 0.3 is 0 Å². The van der Waals surface area contributed by atoms with E-state index >= 15 is 0 Å². The van der Waals surface area contributed by atoms with E-state index in [0.29, 0.717) is 12.5 Å². The minimum absolute atomic E-state index is 0.0194. The molecular formula is C14H20N2O2. The average molecular weight is 248 g/mol. The third-order valence-corrected chi connectivity index (χ3v) is 3.43. The minimum atomic E-state index is -0.232. The molecule has 1 saturated carbocycles. The predicted molar refractivity (Wildman–Crippen MR) is 69.9 cm³/mol. The maximum atomic E-state index is 11.8. The molecule has 1 amide bonds. The van der Waals surface area contributed by atoms with Gasteiger partial charge in [0.05, 0.1) is 6.10 Å². The number of hydrogen-bond acceptors (Lipinski definition) is 3. The molecule has 0 bridgehead atoms. The van der Waals surface area contributed by atoms with E-state index in [9.17, 15) is 4.79 Å². The molecule has 0 spiro atoms. The number of carbonyl (C=O) groups is 1. The van der Waals surface area contributed by atoms with E-state index in [2.05, 4.69) is 5.32 Å². The number of carbonyl (C=O) groups excluding carboxylic acids is 1. The standard InChI is InChI=1S/C14H20N2O2/c1-18-12-7-11(8-12)16-14(17)9-13(15)10-5-3-2-4-6-10/h2-6,11-13H,7-9,15H2,1H3,(H,16,17). The van der Waals surface area contributed by atoms with Crippen molar-refractivity contribution in [3.8, 4) is 0 Å². The van der Waals surface area contributed by atoms with Crippen molar-refractivity contribution in [1.82, 2.24) is 5.32 Å². The summed E-state index contributed by atoms with van der Waals surface area (Å²) in [4.78, 5) is 11.8. The summed E-state index contributed by atoms with van der Waals surface area (Å²) in [5.74, 6) is 0.0194. The minimum Gasteiger partial charge on any atom is -0.381 e. The van der Waals surface area contributed by atoms with E-state index in [0.717, 1.165) is 18.4 Å². The highest BCUT2D eigenvalue weighted by Crippen LogP contribution is 2.23. The fourth-order valence-corrected chi connectivity index (χ4v) is 2.18. The van der Waals surface area contributed by atoms with E-state index < -0.39 is 0 Å². The number of ether oxygens (including phenoxy) is 1. The second-order valence-electron chi connectivity index (χ2n) is 4.81. The Labute approximate surface area is 108 Å². The van der Waals surface area contributed by atoms with Gasteiger partial charge in [-0.2, -0.15) is 0 Å². The Kier molecular flexibility index (Phi) is 4.33. The van der Waals surface area contributed by atoms with Crippen LogP contribution in [0.4, 0.5) is 0 Å². The van der Waals surface area contributed by atoms with Crippen molar-refractivity contribution in [2.24, 2.45) is 5.73 Å². The van der Waals surface area contributed by atoms with Crippen LogP contribution >= 0.6 is 0 Å². The molecule has 1 aliphatic rings. The summed E-state index contributed by atoms with van der Waals surface area (Å²) in [6.45, 7) is 0. The van der Waals surface area contributed by atoms with Crippen molar-refractivity contribution >= 4 is 5.91 Å². The van der Waals surface area contributed by atoms with Gasteiger partial charge in [-0.3, -0.25) is 4.79 Å². The van der Waals surface area contributed by atoms with E-state index in [1.165, 1.54) is 0 Å². The summed E-state index contributed by atoms with van der Waals surface area (Å²) in [5.41, 5.74) is 7.00. The molecule has 1 fully saturated rings. The summed E-state index contributed by atoms with van der Waals surface area (Å²) in [7, 11) is 1.70. The quantitative estimate of drug-likeness (QED) is 0.827. The van der Waals surface area contributed by atoms with Crippen LogP contribution in [-0.2, 0) is 9.53 Å². The van der Waals surface area contributed by atoms with E-state index in [1.54, 1.807) is 7.11 Å². The Balaban J connectivity index is 1.75. The first-order valence-corrected chi connectivity index (χ1v) is 6.31. The molecule has 1 atom stereocenters. The number of amides is 1. The monoisotopic (exact) mass is 248 g/mol. The third kappa shape index (κ3) is 3.31. The lowest BCUT2D eigenvalue weighted by atomic mass is 9.89. The summed E-state index contributed by atoms with van der Waals surface area (Å²) in [6, 6.07) is 9.72. The van der Waals surface area contributed by atoms with Gasteiger partial charge in [-0.25, -0.2) is 0 Å². The van der Waals surface area contributed by atoms with Crippen molar-refractivity contribution in [3.05, 3.63) is 35.9 Å². The molecule has 1 unspecified atom stereocenters. The number of hydrogen-bond donors (Lipinski definition) is 2. The average Bonchev–Trinajstić information content (AvgIpc) is 2.34. The van der Waals surface area contributed by atoms with Crippen molar-refractivity contribution in [2.75, 3.05) is 7.11 Å². The number of benzene rings is 1. The highest BCUT2D eigenvalue weighted by molar-refractivity contribution is 5.77. The van der Waals surface area contributed by atoms with Crippen molar-refractivity contribution in [3.63, 3.8) is 0 Å². The molecule has 3 N–H and O–H groups in total. The second-order valence-corrected chi connectivity index (χ2v) is 4.81. The van der Waals surface area contributed by atoms with E-state index in [-0.39, 0.29) is 18.0 Å². The zero-order chi connectivity index (χ0) is 13.0. The van der Waals surface area contributed by atoms with Gasteiger partial charge in [-0.05, 0) is 18.4 Å². The van der Waals surface area contributed by atoms with Crippen LogP contribution in [0.5, 0.6) is 0 Å². The van der Waals surface area contributed by atoms with Crippen molar-refractivity contribution in [1.29, 1.82) is 0 Å². The molecule has 0 radical (unpaired) electrons. The summed E-state index contributed by atoms with van der Waals surface area (Å²) in [5, 5.41) is 2.98. The maximum absolute atomic E-state index is 11.8. The van der Waals surface area contributed by atoms with Gasteiger partial charge in [-0.1, -0.05) is 30.3 Å². The molecule has 0 aromatic heterocycles. The molecule has 4 nitrogen and oxygen atoms in total. The SMILES string of the molecule is COC1CC(NC(=O)CC(N)c2ccccc2)C1. The third-order valence-electron chi connectivity index (χ3n) is 3.43. The first kappa shape index (κ1) is 13.1. The molecule has 1 aromatic carbocycles. The zero-order valence-corrected chi connectivity index (χ0v) is 10.6. The maximum Gasteiger partial charge on any atom is 0.222 e. The van der Waals surface area contributed by atoms with E-state index in [4.69, 9.17) is 10.5 Å². The normalized spacial score (nSPS) is 24.1. The van der Waals surface area contributed by atoms with Gasteiger partial charge in [0, 0.05) is 25.6 Å². The zero-order valence-electron chi connectivity index (χ0n) is 10.6. The van der Waals surface area contributed by atoms with Crippen molar-refractivity contribution < 1.29 is 9.53 Å². The summed E-state index contributed by atoms with van der Waals surface area (Å²) < 4.78 is 5.17. The van der Waals surface area contributed by atoms with Gasteiger partial charge in [0.2, 0.25) is 5.91 Å². The van der Waals surface area contributed by atoms with E-state index in [1.807, 2.05) is 30.3 Å². The Morgan fingerprint density at radius 2 is 2.11 bits per heavy atom. The molecule has 18 heavy (non-hydrogen) atoms. The Hall–Kier alpha value is -1.39. The Morgan fingerprint density at radius 3 is 2.72 bits per heavy atom. The molecule has 1 aliphatic carbocycles. The first-order chi connectivity index (χ1) is 8.69. The molecule has 0 aliphatic heterocycles. The smallest absolute Gasteiger partial charge is 0.222 e. The van der Waals surface area contributed by atoms with Crippen molar-refractivity contribution in [2.45, 2.75) is 37.5 Å². The lowest BCUT2D eigenvalue weighted by Crippen LogP contribution is -2.47. The molecule has 4 heteroatoms. The number of methoxy groups -OCH3 is 1. The lowest BCUT2D eigenvalue weighted by molar-refractivity contribution is -0.123. The van der Waals surface area contributed by atoms with Gasteiger partial charge in [0.15, 0.2) is 0 Å². The van der Waals surface area contributed by atoms with Crippen LogP contribution in [0.1, 0.15) is 30.9 Å². The van der Waals surface area contributed by atoms with Crippen LogP contribution in [0.25, 0.3) is 0 Å². The lowest BCUT2D eigenvalue weighted by Gasteiger charge is -2.34. The number of nitrogens with two attached hydrogens (primary N) is 1. The van der Waals surface area contributed by atoms with Crippen LogP contribution in [0.3, 0.4) is 0 Å². The highest BCUT2D eigenvalue weighted by atomic mass is 16.5. The van der Waals surface area contributed by atoms with Gasteiger partial charge in [0.25, 0.3) is 0 Å². The number of nitrogens with one attached hydrogen (secondary N) is 1. The fraction of sp³-hybridized carbons (Fsp3) is 0.500. The molecule has 98 valence electrons. The molecule has 2 rings (SSSR count). The molecular weight excluding hydrogens is 228 g/mol. The van der Waals surface area contributed by atoms with Crippen LogP contribution in [0.2, 0.25) is 0 Å². The van der Waals surface area contributed by atoms with Crippen LogP contribution in [-0.4, -0.2) is 25.2 Å². The van der Waals surface area contributed by atoms with Gasteiger partial charge in [-0.15, -0.1) is 0 Å². The molecule has 0 heterocycles. The Morgan fingerprint density at radius 1 is 1.44 bits per heavy atom. The fourth-order valence-electron chi connectivity index (χ4n) is 2.18. The summed E-state index contributed by atoms with van der Waals surface area (Å²) >= 11 is 0. The first-order valence-electron chi connectivity index (χ1n) is 6.31. The summed E-state index contributed by atoms with van der Waals surface area (Å²) in [6.07, 6.45) is 2.45. The predicted octanol–water partition coefficient (Wildman–Crippen LogP) is 1.37. The second kappa shape index (κ2) is 5.98. The van der Waals surface area contributed by atoms with Crippen LogP contribution < -0.4 is 11.1 Å². The number of rotatable bonds is 5. The van der Waals surface area contributed by atoms with Crippen LogP contribution in [0, 0.1) is 0 Å². The largest absolute Gasteiger partial charge is 0.381 e. The van der Waals surface area contributed by atoms with Crippen LogP contribution in [0.15, 0.2) is 30.3 Å². The Bertz CT molecular complexity index is 388. The molecule has 0 saturated heterocycles. The highest BCUT2D eigenvalue weighted by Gasteiger charge is 2.30. The van der Waals surface area contributed by atoms with Gasteiger partial charge in [0.1, 0.15) is 0 Å². The van der Waals surface area contributed by atoms with Gasteiger partial charge < -0.3 is 15.8 Å². The molecule has 1 aromatic rings. The topological polar surface area (TPSA) is 64.3 Å².